The van der Waals surface area contributed by atoms with Crippen LogP contribution in [0.1, 0.15) is 15.9 Å². The lowest BCUT2D eigenvalue weighted by Crippen LogP contribution is -2.20. The highest BCUT2D eigenvalue weighted by Crippen LogP contribution is 2.13. The average molecular weight is 384 g/mol. The molecule has 28 heavy (non-hydrogen) atoms. The number of nitro groups is 1. The highest BCUT2D eigenvalue weighted by molar-refractivity contribution is 5.95. The summed E-state index contributed by atoms with van der Waals surface area (Å²) in [6.45, 7) is -0.498. The molecule has 9 nitrogen and oxygen atoms in total. The molecule has 0 radical (unpaired) electrons. The van der Waals surface area contributed by atoms with Crippen molar-refractivity contribution >= 4 is 35.3 Å². The predicted octanol–water partition coefficient (Wildman–Crippen LogP) is 2.58. The molecule has 0 saturated carbocycles. The Morgan fingerprint density at radius 1 is 1.07 bits per heavy atom. The number of rotatable bonds is 7. The third kappa shape index (κ3) is 6.06. The number of ether oxygens (including phenoxy) is 2. The maximum Gasteiger partial charge on any atom is 0.337 e. The van der Waals surface area contributed by atoms with Gasteiger partial charge < -0.3 is 14.8 Å². The second-order valence-electron chi connectivity index (χ2n) is 5.41. The van der Waals surface area contributed by atoms with E-state index in [2.05, 4.69) is 10.1 Å². The van der Waals surface area contributed by atoms with E-state index in [9.17, 15) is 24.5 Å². The fourth-order valence-electron chi connectivity index (χ4n) is 2.06. The first-order valence-electron chi connectivity index (χ1n) is 7.96. The van der Waals surface area contributed by atoms with E-state index in [0.717, 1.165) is 6.08 Å². The Morgan fingerprint density at radius 2 is 1.71 bits per heavy atom. The van der Waals surface area contributed by atoms with Crippen molar-refractivity contribution in [3.05, 3.63) is 75.8 Å². The van der Waals surface area contributed by atoms with Crippen LogP contribution < -0.4 is 5.32 Å². The molecule has 0 bridgehead atoms. The molecule has 0 aliphatic heterocycles. The van der Waals surface area contributed by atoms with E-state index in [1.54, 1.807) is 0 Å². The number of nitro benzene ring substituents is 1. The lowest BCUT2D eigenvalue weighted by molar-refractivity contribution is -0.384. The third-order valence-corrected chi connectivity index (χ3v) is 3.45. The summed E-state index contributed by atoms with van der Waals surface area (Å²) in [6, 6.07) is 11.6. The molecule has 9 heteroatoms. The van der Waals surface area contributed by atoms with Gasteiger partial charge in [0.2, 0.25) is 0 Å². The zero-order chi connectivity index (χ0) is 20.5. The SMILES string of the molecule is COC(=O)c1ccc(NC(=O)COC(=O)/C=C/c2ccc([N+](=O)[O-])cc2)cc1. The van der Waals surface area contributed by atoms with E-state index >= 15 is 0 Å². The molecule has 0 spiro atoms. The van der Waals surface area contributed by atoms with Gasteiger partial charge in [-0.15, -0.1) is 0 Å². The van der Waals surface area contributed by atoms with Crippen molar-refractivity contribution in [2.75, 3.05) is 19.0 Å². The van der Waals surface area contributed by atoms with E-state index in [1.807, 2.05) is 0 Å². The van der Waals surface area contributed by atoms with Crippen molar-refractivity contribution < 1.29 is 28.8 Å². The summed E-state index contributed by atoms with van der Waals surface area (Å²) in [7, 11) is 1.27. The molecule has 0 aliphatic rings. The Morgan fingerprint density at radius 3 is 2.29 bits per heavy atom. The fourth-order valence-corrected chi connectivity index (χ4v) is 2.06. The van der Waals surface area contributed by atoms with E-state index in [0.29, 0.717) is 16.8 Å². The molecular weight excluding hydrogens is 368 g/mol. The number of esters is 2. The van der Waals surface area contributed by atoms with Crippen LogP contribution in [0.2, 0.25) is 0 Å². The van der Waals surface area contributed by atoms with Gasteiger partial charge in [-0.25, -0.2) is 9.59 Å². The Hall–Kier alpha value is -4.01. The summed E-state index contributed by atoms with van der Waals surface area (Å²) in [4.78, 5) is 44.8. The van der Waals surface area contributed by atoms with E-state index in [-0.39, 0.29) is 5.69 Å². The van der Waals surface area contributed by atoms with Gasteiger partial charge in [-0.3, -0.25) is 14.9 Å². The van der Waals surface area contributed by atoms with Crippen LogP contribution in [0.15, 0.2) is 54.6 Å². The number of non-ortho nitro benzene ring substituents is 1. The molecular formula is C19H16N2O7. The monoisotopic (exact) mass is 384 g/mol. The number of nitrogens with zero attached hydrogens (tertiary/aromatic N) is 1. The van der Waals surface area contributed by atoms with Crippen LogP contribution in [0.25, 0.3) is 6.08 Å². The molecule has 0 saturated heterocycles. The van der Waals surface area contributed by atoms with Crippen molar-refractivity contribution in [2.45, 2.75) is 0 Å². The van der Waals surface area contributed by atoms with Gasteiger partial charge in [-0.2, -0.15) is 0 Å². The molecule has 2 aromatic carbocycles. The van der Waals surface area contributed by atoms with Crippen molar-refractivity contribution in [3.63, 3.8) is 0 Å². The van der Waals surface area contributed by atoms with Crippen LogP contribution in [0.4, 0.5) is 11.4 Å². The first-order valence-corrected chi connectivity index (χ1v) is 7.96. The highest BCUT2D eigenvalue weighted by atomic mass is 16.6. The summed E-state index contributed by atoms with van der Waals surface area (Å²) in [5, 5.41) is 13.1. The van der Waals surface area contributed by atoms with Crippen LogP contribution in [-0.2, 0) is 19.1 Å². The molecule has 2 rings (SSSR count). The van der Waals surface area contributed by atoms with E-state index in [4.69, 9.17) is 4.74 Å². The minimum Gasteiger partial charge on any atom is -0.465 e. The highest BCUT2D eigenvalue weighted by Gasteiger charge is 2.08. The molecule has 0 unspecified atom stereocenters. The zero-order valence-electron chi connectivity index (χ0n) is 14.8. The molecule has 1 N–H and O–H groups in total. The standard InChI is InChI=1S/C19H16N2O7/c1-27-19(24)14-5-7-15(8-6-14)20-17(22)12-28-18(23)11-4-13-2-9-16(10-3-13)21(25)26/h2-11H,12H2,1H3,(H,20,22)/b11-4+. The maximum absolute atomic E-state index is 11.8. The van der Waals surface area contributed by atoms with Crippen LogP contribution in [0.5, 0.6) is 0 Å². The van der Waals surface area contributed by atoms with Gasteiger partial charge in [-0.1, -0.05) is 0 Å². The Bertz CT molecular complexity index is 903. The summed E-state index contributed by atoms with van der Waals surface area (Å²) < 4.78 is 9.39. The topological polar surface area (TPSA) is 125 Å². The van der Waals surface area contributed by atoms with Crippen LogP contribution in [-0.4, -0.2) is 36.5 Å². The largest absolute Gasteiger partial charge is 0.465 e. The second kappa shape index (κ2) is 9.62. The van der Waals surface area contributed by atoms with Gasteiger partial charge in [0.1, 0.15) is 0 Å². The number of hydrogen-bond acceptors (Lipinski definition) is 7. The number of carbonyl (C=O) groups excluding carboxylic acids is 3. The predicted molar refractivity (Wildman–Crippen MR) is 99.5 cm³/mol. The fraction of sp³-hybridized carbons (Fsp3) is 0.105. The summed E-state index contributed by atoms with van der Waals surface area (Å²) >= 11 is 0. The number of carbonyl (C=O) groups is 3. The summed E-state index contributed by atoms with van der Waals surface area (Å²) in [6.07, 6.45) is 2.52. The zero-order valence-corrected chi connectivity index (χ0v) is 14.8. The van der Waals surface area contributed by atoms with Gasteiger partial charge in [0.25, 0.3) is 11.6 Å². The molecule has 1 amide bonds. The molecule has 0 atom stereocenters. The third-order valence-electron chi connectivity index (χ3n) is 3.45. The van der Waals surface area contributed by atoms with Crippen LogP contribution >= 0.6 is 0 Å². The molecule has 0 aliphatic carbocycles. The van der Waals surface area contributed by atoms with E-state index < -0.39 is 29.4 Å². The Labute approximate surface area is 159 Å². The number of methoxy groups -OCH3 is 1. The lowest BCUT2D eigenvalue weighted by Gasteiger charge is -2.06. The summed E-state index contributed by atoms with van der Waals surface area (Å²) in [5.74, 6) is -1.79. The van der Waals surface area contributed by atoms with Crippen molar-refractivity contribution in [2.24, 2.45) is 0 Å². The minimum atomic E-state index is -0.741. The minimum absolute atomic E-state index is 0.0592. The normalized spacial score (nSPS) is 10.3. The lowest BCUT2D eigenvalue weighted by atomic mass is 10.2. The van der Waals surface area contributed by atoms with Crippen molar-refractivity contribution in [1.29, 1.82) is 0 Å². The number of nitrogens with one attached hydrogen (secondary N) is 1. The molecule has 0 fully saturated rings. The number of hydrogen-bond donors (Lipinski definition) is 1. The smallest absolute Gasteiger partial charge is 0.337 e. The van der Waals surface area contributed by atoms with Gasteiger partial charge in [-0.05, 0) is 48.0 Å². The number of amides is 1. The average Bonchev–Trinajstić information content (AvgIpc) is 2.71. The van der Waals surface area contributed by atoms with Gasteiger partial charge in [0, 0.05) is 23.9 Å². The van der Waals surface area contributed by atoms with E-state index in [1.165, 1.54) is 61.7 Å². The molecule has 144 valence electrons. The first kappa shape index (κ1) is 20.3. The Kier molecular flexibility index (Phi) is 6.98. The summed E-state index contributed by atoms with van der Waals surface area (Å²) in [5.41, 5.74) is 1.27. The van der Waals surface area contributed by atoms with Crippen LogP contribution in [0, 0.1) is 10.1 Å². The maximum atomic E-state index is 11.8. The van der Waals surface area contributed by atoms with Crippen LogP contribution in [0.3, 0.4) is 0 Å². The first-order chi connectivity index (χ1) is 13.4. The van der Waals surface area contributed by atoms with Crippen molar-refractivity contribution in [3.8, 4) is 0 Å². The van der Waals surface area contributed by atoms with Gasteiger partial charge >= 0.3 is 11.9 Å². The molecule has 0 aromatic heterocycles. The van der Waals surface area contributed by atoms with Crippen molar-refractivity contribution in [1.82, 2.24) is 0 Å². The van der Waals surface area contributed by atoms with Gasteiger partial charge in [0.05, 0.1) is 17.6 Å². The van der Waals surface area contributed by atoms with Gasteiger partial charge in [0.15, 0.2) is 6.61 Å². The quantitative estimate of drug-likeness (QED) is 0.337. The second-order valence-corrected chi connectivity index (χ2v) is 5.41. The Balaban J connectivity index is 1.80. The number of anilines is 1. The molecule has 0 heterocycles. The molecule has 2 aromatic rings. The number of benzene rings is 2.